The van der Waals surface area contributed by atoms with Gasteiger partial charge in [0, 0.05) is 30.6 Å². The fraction of sp³-hybridized carbons (Fsp3) is 0.571. The highest BCUT2D eigenvalue weighted by molar-refractivity contribution is 5.37. The topological polar surface area (TPSA) is 111 Å². The molecule has 118 valence electrons. The van der Waals surface area contributed by atoms with Crippen molar-refractivity contribution in [3.8, 4) is 0 Å². The Morgan fingerprint density at radius 3 is 2.86 bits per heavy atom. The van der Waals surface area contributed by atoms with Gasteiger partial charge >= 0.3 is 5.69 Å². The third-order valence-corrected chi connectivity index (χ3v) is 3.83. The summed E-state index contributed by atoms with van der Waals surface area (Å²) in [5.74, 6) is 2.76. The van der Waals surface area contributed by atoms with Crippen molar-refractivity contribution in [2.45, 2.75) is 32.1 Å². The number of rotatable bonds is 5. The second kappa shape index (κ2) is 6.69. The predicted molar refractivity (Wildman–Crippen MR) is 83.0 cm³/mol. The van der Waals surface area contributed by atoms with Gasteiger partial charge in [-0.2, -0.15) is 5.10 Å². The molecule has 1 aliphatic rings. The molecule has 0 amide bonds. The number of aromatic nitrogens is 5. The van der Waals surface area contributed by atoms with Gasteiger partial charge in [-0.1, -0.05) is 0 Å². The standard InChI is InChI=1S/C14H21N7O/c1-9-17-11(10-2-5-15-6-3-10)8-13(18-9)16-7-4-12-19-14(22)21-20-12/h8,10,15H,2-7H2,1H3,(H,16,17,18)(H2,19,20,21,22). The molecule has 0 unspecified atom stereocenters. The van der Waals surface area contributed by atoms with Gasteiger partial charge in [0.15, 0.2) is 0 Å². The van der Waals surface area contributed by atoms with E-state index in [-0.39, 0.29) is 5.69 Å². The first kappa shape index (κ1) is 14.7. The summed E-state index contributed by atoms with van der Waals surface area (Å²) in [6.45, 7) is 4.66. The van der Waals surface area contributed by atoms with E-state index in [2.05, 4.69) is 35.8 Å². The van der Waals surface area contributed by atoms with Gasteiger partial charge < -0.3 is 10.6 Å². The smallest absolute Gasteiger partial charge is 0.340 e. The fourth-order valence-electron chi connectivity index (χ4n) is 2.74. The third-order valence-electron chi connectivity index (χ3n) is 3.83. The molecule has 2 aromatic rings. The number of hydrogen-bond donors (Lipinski definition) is 4. The van der Waals surface area contributed by atoms with Crippen LogP contribution in [0.1, 0.15) is 36.1 Å². The Morgan fingerprint density at radius 2 is 2.14 bits per heavy atom. The maximum Gasteiger partial charge on any atom is 0.340 e. The second-order valence-corrected chi connectivity index (χ2v) is 5.55. The van der Waals surface area contributed by atoms with E-state index >= 15 is 0 Å². The highest BCUT2D eigenvalue weighted by Crippen LogP contribution is 2.24. The number of nitrogens with one attached hydrogen (secondary N) is 4. The maximum absolute atomic E-state index is 11.0. The van der Waals surface area contributed by atoms with Crippen LogP contribution in [0, 0.1) is 6.92 Å². The number of nitrogens with zero attached hydrogens (tertiary/aromatic N) is 3. The molecule has 0 saturated carbocycles. The molecule has 0 radical (unpaired) electrons. The maximum atomic E-state index is 11.0. The van der Waals surface area contributed by atoms with Crippen molar-refractivity contribution in [3.05, 3.63) is 33.9 Å². The summed E-state index contributed by atoms with van der Waals surface area (Å²) in [5.41, 5.74) is 0.839. The molecule has 0 spiro atoms. The van der Waals surface area contributed by atoms with Crippen LogP contribution < -0.4 is 16.3 Å². The number of piperidine rings is 1. The van der Waals surface area contributed by atoms with Crippen LogP contribution in [-0.2, 0) is 6.42 Å². The molecule has 0 aromatic carbocycles. The van der Waals surface area contributed by atoms with Crippen molar-refractivity contribution in [2.24, 2.45) is 0 Å². The molecule has 0 atom stereocenters. The Morgan fingerprint density at radius 1 is 1.32 bits per heavy atom. The SMILES string of the molecule is Cc1nc(NCCc2n[nH]c(=O)[nH]2)cc(C2CCNCC2)n1. The van der Waals surface area contributed by atoms with Crippen LogP contribution in [0.5, 0.6) is 0 Å². The molecule has 4 N–H and O–H groups in total. The number of anilines is 1. The van der Waals surface area contributed by atoms with Crippen LogP contribution in [0.25, 0.3) is 0 Å². The number of aromatic amines is 2. The Balaban J connectivity index is 1.62. The predicted octanol–water partition coefficient (Wildman–Crippen LogP) is 0.318. The second-order valence-electron chi connectivity index (χ2n) is 5.55. The van der Waals surface area contributed by atoms with Crippen molar-refractivity contribution >= 4 is 5.82 Å². The van der Waals surface area contributed by atoms with Gasteiger partial charge in [0.1, 0.15) is 17.5 Å². The Kier molecular flexibility index (Phi) is 4.47. The Hall–Kier alpha value is -2.22. The molecular weight excluding hydrogens is 282 g/mol. The van der Waals surface area contributed by atoms with E-state index in [1.807, 2.05) is 13.0 Å². The lowest BCUT2D eigenvalue weighted by atomic mass is 9.94. The molecule has 3 heterocycles. The van der Waals surface area contributed by atoms with E-state index in [4.69, 9.17) is 0 Å². The summed E-state index contributed by atoms with van der Waals surface area (Å²) in [6, 6.07) is 2.04. The monoisotopic (exact) mass is 303 g/mol. The first-order valence-corrected chi connectivity index (χ1v) is 7.64. The molecule has 0 aliphatic carbocycles. The molecule has 8 nitrogen and oxygen atoms in total. The molecule has 0 bridgehead atoms. The van der Waals surface area contributed by atoms with Crippen molar-refractivity contribution in [1.82, 2.24) is 30.5 Å². The van der Waals surface area contributed by atoms with E-state index < -0.39 is 0 Å². The first-order chi connectivity index (χ1) is 10.7. The normalized spacial score (nSPS) is 15.9. The summed E-state index contributed by atoms with van der Waals surface area (Å²) in [6.07, 6.45) is 2.86. The van der Waals surface area contributed by atoms with E-state index in [0.29, 0.717) is 24.7 Å². The zero-order chi connectivity index (χ0) is 15.4. The lowest BCUT2D eigenvalue weighted by Crippen LogP contribution is -2.27. The van der Waals surface area contributed by atoms with E-state index in [1.54, 1.807) is 0 Å². The van der Waals surface area contributed by atoms with Crippen LogP contribution in [0.4, 0.5) is 5.82 Å². The van der Waals surface area contributed by atoms with Gasteiger partial charge in [-0.3, -0.25) is 4.98 Å². The van der Waals surface area contributed by atoms with Crippen LogP contribution in [0.15, 0.2) is 10.9 Å². The van der Waals surface area contributed by atoms with Gasteiger partial charge in [-0.05, 0) is 32.9 Å². The Labute approximate surface area is 128 Å². The van der Waals surface area contributed by atoms with Gasteiger partial charge in [0.2, 0.25) is 0 Å². The van der Waals surface area contributed by atoms with Crippen molar-refractivity contribution in [2.75, 3.05) is 25.0 Å². The largest absolute Gasteiger partial charge is 0.370 e. The van der Waals surface area contributed by atoms with E-state index in [9.17, 15) is 4.79 Å². The minimum Gasteiger partial charge on any atom is -0.370 e. The number of H-pyrrole nitrogens is 2. The Bertz CT molecular complexity index is 672. The van der Waals surface area contributed by atoms with Gasteiger partial charge in [-0.15, -0.1) is 0 Å². The minimum atomic E-state index is -0.277. The zero-order valence-corrected chi connectivity index (χ0v) is 12.6. The van der Waals surface area contributed by atoms with Crippen molar-refractivity contribution in [1.29, 1.82) is 0 Å². The van der Waals surface area contributed by atoms with Gasteiger partial charge in [0.05, 0.1) is 0 Å². The average Bonchev–Trinajstić information content (AvgIpc) is 2.93. The molecule has 1 aliphatic heterocycles. The molecule has 8 heteroatoms. The summed E-state index contributed by atoms with van der Waals surface area (Å²) in [5, 5.41) is 12.9. The average molecular weight is 303 g/mol. The molecule has 2 aromatic heterocycles. The van der Waals surface area contributed by atoms with Crippen LogP contribution in [-0.4, -0.2) is 44.8 Å². The summed E-state index contributed by atoms with van der Waals surface area (Å²) in [4.78, 5) is 22.6. The first-order valence-electron chi connectivity index (χ1n) is 7.64. The summed E-state index contributed by atoms with van der Waals surface area (Å²) >= 11 is 0. The number of aryl methyl sites for hydroxylation is 1. The fourth-order valence-corrected chi connectivity index (χ4v) is 2.74. The van der Waals surface area contributed by atoms with E-state index in [1.165, 1.54) is 0 Å². The molecular formula is C14H21N7O. The van der Waals surface area contributed by atoms with Crippen molar-refractivity contribution < 1.29 is 0 Å². The molecule has 22 heavy (non-hydrogen) atoms. The van der Waals surface area contributed by atoms with Gasteiger partial charge in [-0.25, -0.2) is 19.9 Å². The summed E-state index contributed by atoms with van der Waals surface area (Å²) in [7, 11) is 0. The highest BCUT2D eigenvalue weighted by atomic mass is 16.1. The van der Waals surface area contributed by atoms with Crippen molar-refractivity contribution in [3.63, 3.8) is 0 Å². The molecule has 1 fully saturated rings. The third kappa shape index (κ3) is 3.70. The quantitative estimate of drug-likeness (QED) is 0.633. The molecule has 1 saturated heterocycles. The van der Waals surface area contributed by atoms with Crippen LogP contribution in [0.2, 0.25) is 0 Å². The highest BCUT2D eigenvalue weighted by Gasteiger charge is 2.17. The summed E-state index contributed by atoms with van der Waals surface area (Å²) < 4.78 is 0. The van der Waals surface area contributed by atoms with Gasteiger partial charge in [0.25, 0.3) is 0 Å². The molecule has 3 rings (SSSR count). The van der Waals surface area contributed by atoms with Crippen LogP contribution in [0.3, 0.4) is 0 Å². The lowest BCUT2D eigenvalue weighted by Gasteiger charge is -2.22. The van der Waals surface area contributed by atoms with Crippen LogP contribution >= 0.6 is 0 Å². The minimum absolute atomic E-state index is 0.277. The zero-order valence-electron chi connectivity index (χ0n) is 12.6. The van der Waals surface area contributed by atoms with E-state index in [0.717, 1.165) is 43.3 Å². The number of hydrogen-bond acceptors (Lipinski definition) is 6. The lowest BCUT2D eigenvalue weighted by molar-refractivity contribution is 0.452.